The molecule has 1 aliphatic heterocycles. The van der Waals surface area contributed by atoms with Gasteiger partial charge in [-0.15, -0.1) is 0 Å². The van der Waals surface area contributed by atoms with Crippen molar-refractivity contribution in [3.05, 3.63) is 0 Å². The van der Waals surface area contributed by atoms with Crippen molar-refractivity contribution in [2.75, 3.05) is 13.2 Å². The molecule has 5 atom stereocenters. The molecule has 1 heterocycles. The zero-order valence-corrected chi connectivity index (χ0v) is 10.7. The lowest BCUT2D eigenvalue weighted by Crippen LogP contribution is -2.44. The van der Waals surface area contributed by atoms with E-state index in [0.29, 0.717) is 6.61 Å². The first kappa shape index (κ1) is 15.8. The van der Waals surface area contributed by atoms with Gasteiger partial charge in [-0.2, -0.15) is 0 Å². The fourth-order valence-corrected chi connectivity index (χ4v) is 1.94. The molecule has 4 N–H and O–H groups in total. The molecule has 0 aromatic rings. The van der Waals surface area contributed by atoms with Crippen molar-refractivity contribution in [1.29, 1.82) is 0 Å². The van der Waals surface area contributed by atoms with Gasteiger partial charge >= 0.3 is 0 Å². The summed E-state index contributed by atoms with van der Waals surface area (Å²) in [7, 11) is 0. The SMILES string of the molecule is CCCCCO[C@@H]1C[C@H](O)[C@@H](O)[C@H](O)[C@@H](CO)O1. The molecule has 0 spiro atoms. The van der Waals surface area contributed by atoms with Gasteiger partial charge in [-0.25, -0.2) is 0 Å². The van der Waals surface area contributed by atoms with Gasteiger partial charge in [0.15, 0.2) is 6.29 Å². The molecule has 18 heavy (non-hydrogen) atoms. The highest BCUT2D eigenvalue weighted by Gasteiger charge is 2.38. The van der Waals surface area contributed by atoms with Crippen LogP contribution in [0.15, 0.2) is 0 Å². The van der Waals surface area contributed by atoms with Crippen LogP contribution in [-0.4, -0.2) is 64.3 Å². The first-order chi connectivity index (χ1) is 8.60. The molecule has 0 bridgehead atoms. The second-order valence-electron chi connectivity index (χ2n) is 4.65. The van der Waals surface area contributed by atoms with Gasteiger partial charge in [-0.05, 0) is 6.42 Å². The van der Waals surface area contributed by atoms with Gasteiger partial charge in [0.25, 0.3) is 0 Å². The fourth-order valence-electron chi connectivity index (χ4n) is 1.94. The summed E-state index contributed by atoms with van der Waals surface area (Å²) in [5.41, 5.74) is 0. The van der Waals surface area contributed by atoms with Crippen LogP contribution in [0.4, 0.5) is 0 Å². The molecule has 0 saturated carbocycles. The lowest BCUT2D eigenvalue weighted by atomic mass is 10.0. The zero-order chi connectivity index (χ0) is 13.5. The van der Waals surface area contributed by atoms with Crippen molar-refractivity contribution >= 4 is 0 Å². The lowest BCUT2D eigenvalue weighted by molar-refractivity contribution is -0.197. The summed E-state index contributed by atoms with van der Waals surface area (Å²) in [5, 5.41) is 38.0. The average Bonchev–Trinajstić information content (AvgIpc) is 2.47. The van der Waals surface area contributed by atoms with Gasteiger partial charge in [0.1, 0.15) is 18.3 Å². The predicted octanol–water partition coefficient (Wildman–Crippen LogP) is -0.617. The Bertz CT molecular complexity index is 225. The smallest absolute Gasteiger partial charge is 0.160 e. The normalized spacial score (nSPS) is 37.5. The Labute approximate surface area is 107 Å². The number of hydrogen-bond donors (Lipinski definition) is 4. The fraction of sp³-hybridized carbons (Fsp3) is 1.00. The van der Waals surface area contributed by atoms with Crippen LogP contribution in [0.5, 0.6) is 0 Å². The standard InChI is InChI=1S/C12H24O6/c1-2-3-4-5-17-10-6-8(14)11(15)12(16)9(7-13)18-10/h8-16H,2-7H2,1H3/t8-,9+,10-,11+,12+/m0/s1. The molecule has 108 valence electrons. The number of hydrogen-bond acceptors (Lipinski definition) is 6. The van der Waals surface area contributed by atoms with Crippen LogP contribution in [0.3, 0.4) is 0 Å². The average molecular weight is 264 g/mol. The Morgan fingerprint density at radius 1 is 1.17 bits per heavy atom. The Kier molecular flexibility index (Phi) is 7.06. The lowest BCUT2D eigenvalue weighted by Gasteiger charge is -2.24. The zero-order valence-electron chi connectivity index (χ0n) is 10.7. The summed E-state index contributed by atoms with van der Waals surface area (Å²) in [6.07, 6.45) is -2.30. The second-order valence-corrected chi connectivity index (χ2v) is 4.65. The van der Waals surface area contributed by atoms with Gasteiger partial charge in [0, 0.05) is 13.0 Å². The molecule has 1 fully saturated rings. The minimum Gasteiger partial charge on any atom is -0.394 e. The Hall–Kier alpha value is -0.240. The molecular formula is C12H24O6. The third-order valence-electron chi connectivity index (χ3n) is 3.12. The number of ether oxygens (including phenoxy) is 2. The summed E-state index contributed by atoms with van der Waals surface area (Å²) in [6, 6.07) is 0. The summed E-state index contributed by atoms with van der Waals surface area (Å²) in [5.74, 6) is 0. The van der Waals surface area contributed by atoms with Crippen molar-refractivity contribution < 1.29 is 29.9 Å². The molecule has 1 saturated heterocycles. The highest BCUT2D eigenvalue weighted by molar-refractivity contribution is 4.85. The van der Waals surface area contributed by atoms with Crippen molar-refractivity contribution in [1.82, 2.24) is 0 Å². The van der Waals surface area contributed by atoms with Gasteiger partial charge in [-0.1, -0.05) is 19.8 Å². The molecule has 6 heteroatoms. The Balaban J connectivity index is 2.47. The van der Waals surface area contributed by atoms with Crippen molar-refractivity contribution in [2.24, 2.45) is 0 Å². The Morgan fingerprint density at radius 3 is 2.50 bits per heavy atom. The molecule has 0 aliphatic carbocycles. The van der Waals surface area contributed by atoms with Crippen molar-refractivity contribution in [3.8, 4) is 0 Å². The summed E-state index contributed by atoms with van der Waals surface area (Å²) >= 11 is 0. The molecule has 0 aromatic heterocycles. The van der Waals surface area contributed by atoms with E-state index in [1.165, 1.54) is 0 Å². The van der Waals surface area contributed by atoms with Crippen LogP contribution in [0.2, 0.25) is 0 Å². The molecule has 0 radical (unpaired) electrons. The van der Waals surface area contributed by atoms with E-state index < -0.39 is 37.3 Å². The quantitative estimate of drug-likeness (QED) is 0.477. The van der Waals surface area contributed by atoms with Gasteiger partial charge in [0.05, 0.1) is 12.7 Å². The number of aliphatic hydroxyl groups excluding tert-OH is 4. The predicted molar refractivity (Wildman–Crippen MR) is 63.9 cm³/mol. The molecule has 1 rings (SSSR count). The van der Waals surface area contributed by atoms with Gasteiger partial charge in [0.2, 0.25) is 0 Å². The monoisotopic (exact) mass is 264 g/mol. The number of unbranched alkanes of at least 4 members (excludes halogenated alkanes) is 2. The van der Waals surface area contributed by atoms with E-state index in [1.54, 1.807) is 0 Å². The summed E-state index contributed by atoms with van der Waals surface area (Å²) < 4.78 is 10.8. The molecular weight excluding hydrogens is 240 g/mol. The van der Waals surface area contributed by atoms with Gasteiger partial charge < -0.3 is 29.9 Å². The highest BCUT2D eigenvalue weighted by atomic mass is 16.7. The maximum absolute atomic E-state index is 9.66. The number of aliphatic hydroxyl groups is 4. The third-order valence-corrected chi connectivity index (χ3v) is 3.12. The second kappa shape index (κ2) is 8.04. The van der Waals surface area contributed by atoms with Crippen LogP contribution in [0.1, 0.15) is 32.6 Å². The minimum atomic E-state index is -1.33. The maximum Gasteiger partial charge on any atom is 0.160 e. The van der Waals surface area contributed by atoms with Crippen LogP contribution in [-0.2, 0) is 9.47 Å². The van der Waals surface area contributed by atoms with E-state index in [-0.39, 0.29) is 6.42 Å². The maximum atomic E-state index is 9.66. The van der Waals surface area contributed by atoms with Crippen LogP contribution >= 0.6 is 0 Å². The molecule has 0 amide bonds. The molecule has 6 nitrogen and oxygen atoms in total. The topological polar surface area (TPSA) is 99.4 Å². The third kappa shape index (κ3) is 4.46. The summed E-state index contributed by atoms with van der Waals surface area (Å²) in [6.45, 7) is 2.15. The van der Waals surface area contributed by atoms with Crippen LogP contribution in [0.25, 0.3) is 0 Å². The number of rotatable bonds is 6. The first-order valence-corrected chi connectivity index (χ1v) is 6.52. The van der Waals surface area contributed by atoms with Crippen LogP contribution < -0.4 is 0 Å². The minimum absolute atomic E-state index is 0.0842. The van der Waals surface area contributed by atoms with E-state index in [0.717, 1.165) is 19.3 Å². The molecule has 1 aliphatic rings. The highest BCUT2D eigenvalue weighted by Crippen LogP contribution is 2.21. The first-order valence-electron chi connectivity index (χ1n) is 6.52. The summed E-state index contributed by atoms with van der Waals surface area (Å²) in [4.78, 5) is 0. The molecule has 0 unspecified atom stereocenters. The van der Waals surface area contributed by atoms with Crippen molar-refractivity contribution in [3.63, 3.8) is 0 Å². The van der Waals surface area contributed by atoms with E-state index in [4.69, 9.17) is 14.6 Å². The van der Waals surface area contributed by atoms with Crippen molar-refractivity contribution in [2.45, 2.75) is 63.3 Å². The van der Waals surface area contributed by atoms with Crippen LogP contribution in [0, 0.1) is 0 Å². The Morgan fingerprint density at radius 2 is 1.89 bits per heavy atom. The molecule has 0 aromatic carbocycles. The van der Waals surface area contributed by atoms with Gasteiger partial charge in [-0.3, -0.25) is 0 Å². The van der Waals surface area contributed by atoms with E-state index in [1.807, 2.05) is 0 Å². The largest absolute Gasteiger partial charge is 0.394 e. The van der Waals surface area contributed by atoms with E-state index in [9.17, 15) is 15.3 Å². The van der Waals surface area contributed by atoms with E-state index in [2.05, 4.69) is 6.92 Å². The van der Waals surface area contributed by atoms with E-state index >= 15 is 0 Å².